The molecule has 3 heterocycles. The first kappa shape index (κ1) is 16.2. The van der Waals surface area contributed by atoms with Gasteiger partial charge in [-0.05, 0) is 51.3 Å². The largest absolute Gasteiger partial charge is 0.454 e. The van der Waals surface area contributed by atoms with Crippen molar-refractivity contribution in [2.24, 2.45) is 0 Å². The lowest BCUT2D eigenvalue weighted by atomic mass is 10.0. The number of hydrogen-bond acceptors (Lipinski definition) is 5. The first-order valence-corrected chi connectivity index (χ1v) is 10.0. The Morgan fingerprint density at radius 2 is 2.08 bits per heavy atom. The summed E-state index contributed by atoms with van der Waals surface area (Å²) in [5.41, 5.74) is 0. The average molecular weight is 347 g/mol. The molecule has 0 aromatic carbocycles. The Kier molecular flexibility index (Phi) is 4.94. The molecule has 1 atom stereocenters. The zero-order valence-electron chi connectivity index (χ0n) is 14.3. The van der Waals surface area contributed by atoms with Gasteiger partial charge in [0.15, 0.2) is 10.9 Å². The number of furan rings is 1. The average Bonchev–Trinajstić information content (AvgIpc) is 3.31. The molecular formula is C18H26N4OS. The van der Waals surface area contributed by atoms with Crippen LogP contribution >= 0.6 is 11.8 Å². The number of likely N-dealkylation sites (tertiary alicyclic amines) is 1. The van der Waals surface area contributed by atoms with Crippen LogP contribution in [-0.4, -0.2) is 31.9 Å². The number of aromatic amines is 1. The SMILES string of the molecule is Cc1nc([C@H]2CCCN2Cc2ccc(SC3CCCCC3)o2)n[nH]1. The van der Waals surface area contributed by atoms with Gasteiger partial charge in [-0.25, -0.2) is 4.98 Å². The number of aromatic nitrogens is 3. The predicted molar refractivity (Wildman–Crippen MR) is 94.9 cm³/mol. The van der Waals surface area contributed by atoms with E-state index in [-0.39, 0.29) is 0 Å². The number of H-pyrrole nitrogens is 1. The van der Waals surface area contributed by atoms with E-state index < -0.39 is 0 Å². The normalized spacial score (nSPS) is 23.1. The van der Waals surface area contributed by atoms with E-state index in [9.17, 15) is 0 Å². The van der Waals surface area contributed by atoms with Crippen molar-refractivity contribution in [3.8, 4) is 0 Å². The van der Waals surface area contributed by atoms with Crippen molar-refractivity contribution in [3.63, 3.8) is 0 Å². The molecular weight excluding hydrogens is 320 g/mol. The van der Waals surface area contributed by atoms with Crippen LogP contribution in [0.4, 0.5) is 0 Å². The van der Waals surface area contributed by atoms with Crippen molar-refractivity contribution in [2.45, 2.75) is 74.8 Å². The molecule has 0 amide bonds. The Hall–Kier alpha value is -1.27. The maximum Gasteiger partial charge on any atom is 0.167 e. The fraction of sp³-hybridized carbons (Fsp3) is 0.667. The zero-order valence-corrected chi connectivity index (χ0v) is 15.1. The molecule has 6 heteroatoms. The molecule has 0 radical (unpaired) electrons. The highest BCUT2D eigenvalue weighted by atomic mass is 32.2. The number of thioether (sulfide) groups is 1. The lowest BCUT2D eigenvalue weighted by molar-refractivity contribution is 0.215. The third-order valence-corrected chi connectivity index (χ3v) is 6.36. The van der Waals surface area contributed by atoms with E-state index in [1.165, 1.54) is 38.5 Å². The molecule has 1 saturated heterocycles. The number of nitrogens with zero attached hydrogens (tertiary/aromatic N) is 3. The van der Waals surface area contributed by atoms with Gasteiger partial charge < -0.3 is 4.42 Å². The second kappa shape index (κ2) is 7.31. The van der Waals surface area contributed by atoms with Crippen LogP contribution in [0.1, 0.15) is 68.4 Å². The molecule has 1 aliphatic heterocycles. The highest BCUT2D eigenvalue weighted by Crippen LogP contribution is 2.36. The van der Waals surface area contributed by atoms with E-state index in [1.807, 2.05) is 18.7 Å². The minimum Gasteiger partial charge on any atom is -0.454 e. The fourth-order valence-electron chi connectivity index (χ4n) is 3.87. The molecule has 4 rings (SSSR count). The quantitative estimate of drug-likeness (QED) is 0.866. The fourth-order valence-corrected chi connectivity index (χ4v) is 5.07. The molecule has 5 nitrogen and oxygen atoms in total. The summed E-state index contributed by atoms with van der Waals surface area (Å²) in [6.07, 6.45) is 9.13. The van der Waals surface area contributed by atoms with Gasteiger partial charge in [-0.1, -0.05) is 31.0 Å². The monoisotopic (exact) mass is 346 g/mol. The topological polar surface area (TPSA) is 58.0 Å². The van der Waals surface area contributed by atoms with Gasteiger partial charge in [0.25, 0.3) is 0 Å². The van der Waals surface area contributed by atoms with Gasteiger partial charge in [-0.15, -0.1) is 0 Å². The van der Waals surface area contributed by atoms with E-state index in [4.69, 9.17) is 4.42 Å². The Balaban J connectivity index is 1.38. The smallest absolute Gasteiger partial charge is 0.167 e. The van der Waals surface area contributed by atoms with Gasteiger partial charge in [0.05, 0.1) is 12.6 Å². The second-order valence-electron chi connectivity index (χ2n) is 7.01. The maximum atomic E-state index is 6.11. The van der Waals surface area contributed by atoms with Crippen molar-refractivity contribution >= 4 is 11.8 Å². The molecule has 24 heavy (non-hydrogen) atoms. The van der Waals surface area contributed by atoms with E-state index in [2.05, 4.69) is 32.2 Å². The van der Waals surface area contributed by atoms with Crippen LogP contribution < -0.4 is 0 Å². The lowest BCUT2D eigenvalue weighted by Crippen LogP contribution is -2.23. The van der Waals surface area contributed by atoms with Gasteiger partial charge in [0, 0.05) is 5.25 Å². The summed E-state index contributed by atoms with van der Waals surface area (Å²) in [7, 11) is 0. The number of hydrogen-bond donors (Lipinski definition) is 1. The molecule has 0 spiro atoms. The van der Waals surface area contributed by atoms with Gasteiger partial charge in [-0.3, -0.25) is 10.00 Å². The summed E-state index contributed by atoms with van der Waals surface area (Å²) in [6.45, 7) is 3.89. The second-order valence-corrected chi connectivity index (χ2v) is 8.31. The summed E-state index contributed by atoms with van der Waals surface area (Å²) < 4.78 is 6.11. The van der Waals surface area contributed by atoms with E-state index in [0.29, 0.717) is 6.04 Å². The molecule has 1 aliphatic carbocycles. The predicted octanol–water partition coefficient (Wildman–Crippen LogP) is 4.47. The van der Waals surface area contributed by atoms with Crippen LogP contribution in [0.5, 0.6) is 0 Å². The summed E-state index contributed by atoms with van der Waals surface area (Å²) in [5.74, 6) is 2.88. The minimum absolute atomic E-state index is 0.314. The van der Waals surface area contributed by atoms with Crippen molar-refractivity contribution in [2.75, 3.05) is 6.54 Å². The van der Waals surface area contributed by atoms with Gasteiger partial charge in [0.2, 0.25) is 0 Å². The Morgan fingerprint density at radius 3 is 2.88 bits per heavy atom. The molecule has 0 unspecified atom stereocenters. The van der Waals surface area contributed by atoms with Crippen LogP contribution in [0.25, 0.3) is 0 Å². The molecule has 2 aromatic heterocycles. The van der Waals surface area contributed by atoms with Crippen LogP contribution in [0.15, 0.2) is 21.6 Å². The van der Waals surface area contributed by atoms with E-state index >= 15 is 0 Å². The molecule has 1 N–H and O–H groups in total. The number of aryl methyl sites for hydroxylation is 1. The van der Waals surface area contributed by atoms with Crippen LogP contribution in [0.3, 0.4) is 0 Å². The first-order chi connectivity index (χ1) is 11.8. The molecule has 130 valence electrons. The van der Waals surface area contributed by atoms with E-state index in [0.717, 1.165) is 47.3 Å². The van der Waals surface area contributed by atoms with Gasteiger partial charge in [0.1, 0.15) is 11.6 Å². The van der Waals surface area contributed by atoms with Crippen LogP contribution in [0, 0.1) is 6.92 Å². The minimum atomic E-state index is 0.314. The standard InChI is InChI=1S/C18H26N4OS/c1-13-19-18(21-20-13)16-8-5-11-22(16)12-14-9-10-17(23-14)24-15-6-3-2-4-7-15/h9-10,15-16H,2-8,11-12H2,1H3,(H,19,20,21)/t16-/m1/s1. The molecule has 1 saturated carbocycles. The molecule has 2 aliphatic rings. The molecule has 2 fully saturated rings. The Labute approximate surface area is 147 Å². The van der Waals surface area contributed by atoms with Crippen molar-refractivity contribution in [3.05, 3.63) is 29.5 Å². The summed E-state index contributed by atoms with van der Waals surface area (Å²) in [5, 5.41) is 9.15. The van der Waals surface area contributed by atoms with E-state index in [1.54, 1.807) is 0 Å². The van der Waals surface area contributed by atoms with Crippen LogP contribution in [0.2, 0.25) is 0 Å². The Morgan fingerprint density at radius 1 is 1.21 bits per heavy atom. The Bertz CT molecular complexity index is 662. The highest BCUT2D eigenvalue weighted by Gasteiger charge is 2.29. The third kappa shape index (κ3) is 3.70. The lowest BCUT2D eigenvalue weighted by Gasteiger charge is -2.21. The first-order valence-electron chi connectivity index (χ1n) is 9.16. The van der Waals surface area contributed by atoms with Gasteiger partial charge in [-0.2, -0.15) is 5.10 Å². The van der Waals surface area contributed by atoms with Crippen molar-refractivity contribution in [1.82, 2.24) is 20.1 Å². The zero-order chi connectivity index (χ0) is 16.4. The number of nitrogens with one attached hydrogen (secondary N) is 1. The van der Waals surface area contributed by atoms with Crippen molar-refractivity contribution < 1.29 is 4.42 Å². The summed E-state index contributed by atoms with van der Waals surface area (Å²) in [6, 6.07) is 4.61. The maximum absolute atomic E-state index is 6.11. The molecule has 2 aromatic rings. The number of rotatable bonds is 5. The summed E-state index contributed by atoms with van der Waals surface area (Å²) >= 11 is 1.93. The highest BCUT2D eigenvalue weighted by molar-refractivity contribution is 7.99. The van der Waals surface area contributed by atoms with Crippen LogP contribution in [-0.2, 0) is 6.54 Å². The molecule has 0 bridgehead atoms. The van der Waals surface area contributed by atoms with Gasteiger partial charge >= 0.3 is 0 Å². The summed E-state index contributed by atoms with van der Waals surface area (Å²) in [4.78, 5) is 6.97. The third-order valence-electron chi connectivity index (χ3n) is 5.11. The van der Waals surface area contributed by atoms with Crippen molar-refractivity contribution in [1.29, 1.82) is 0 Å².